The van der Waals surface area contributed by atoms with Crippen molar-refractivity contribution in [3.8, 4) is 5.75 Å². The number of hydrogen-bond donors (Lipinski definition) is 1. The summed E-state index contributed by atoms with van der Waals surface area (Å²) in [5, 5.41) is 17.8. The molecular formula is C14H14N2O. The number of aryl methyl sites for hydroxylation is 2. The zero-order chi connectivity index (χ0) is 12.3. The Morgan fingerprint density at radius 3 is 2.35 bits per heavy atom. The third-order valence-electron chi connectivity index (χ3n) is 2.51. The standard InChI is InChI=1S/C14H14N2O/c1-10-7-8-14(17)13(9-10)16-15-12-6-4-3-5-11(12)2/h3-9,17H,1-2H3. The Morgan fingerprint density at radius 2 is 1.59 bits per heavy atom. The van der Waals surface area contributed by atoms with Gasteiger partial charge in [-0.25, -0.2) is 0 Å². The van der Waals surface area contributed by atoms with Crippen LogP contribution < -0.4 is 0 Å². The van der Waals surface area contributed by atoms with Gasteiger partial charge >= 0.3 is 0 Å². The molecule has 2 aromatic rings. The van der Waals surface area contributed by atoms with Crippen molar-refractivity contribution >= 4 is 11.4 Å². The molecule has 0 unspecified atom stereocenters. The first-order valence-electron chi connectivity index (χ1n) is 5.44. The Morgan fingerprint density at radius 1 is 0.882 bits per heavy atom. The fourth-order valence-corrected chi connectivity index (χ4v) is 1.50. The highest BCUT2D eigenvalue weighted by atomic mass is 16.3. The maximum atomic E-state index is 9.63. The van der Waals surface area contributed by atoms with Crippen molar-refractivity contribution in [3.63, 3.8) is 0 Å². The van der Waals surface area contributed by atoms with Crippen LogP contribution in [-0.4, -0.2) is 5.11 Å². The summed E-state index contributed by atoms with van der Waals surface area (Å²) in [6.07, 6.45) is 0. The van der Waals surface area contributed by atoms with E-state index in [0.29, 0.717) is 5.69 Å². The average molecular weight is 226 g/mol. The molecule has 3 nitrogen and oxygen atoms in total. The van der Waals surface area contributed by atoms with Crippen LogP contribution in [0.15, 0.2) is 52.7 Å². The van der Waals surface area contributed by atoms with E-state index in [9.17, 15) is 5.11 Å². The monoisotopic (exact) mass is 226 g/mol. The largest absolute Gasteiger partial charge is 0.506 e. The zero-order valence-electron chi connectivity index (χ0n) is 9.88. The number of benzene rings is 2. The third kappa shape index (κ3) is 2.69. The summed E-state index contributed by atoms with van der Waals surface area (Å²) in [7, 11) is 0. The minimum atomic E-state index is 0.146. The quantitative estimate of drug-likeness (QED) is 0.756. The molecule has 0 aliphatic carbocycles. The van der Waals surface area contributed by atoms with E-state index in [-0.39, 0.29) is 5.75 Å². The molecule has 0 atom stereocenters. The molecule has 86 valence electrons. The molecule has 0 spiro atoms. The highest BCUT2D eigenvalue weighted by molar-refractivity contribution is 5.53. The summed E-state index contributed by atoms with van der Waals surface area (Å²) in [4.78, 5) is 0. The van der Waals surface area contributed by atoms with Gasteiger partial charge in [0.2, 0.25) is 0 Å². The van der Waals surface area contributed by atoms with Crippen molar-refractivity contribution in [3.05, 3.63) is 53.6 Å². The van der Waals surface area contributed by atoms with E-state index < -0.39 is 0 Å². The molecule has 2 aromatic carbocycles. The van der Waals surface area contributed by atoms with E-state index in [4.69, 9.17) is 0 Å². The van der Waals surface area contributed by atoms with Crippen LogP contribution in [0.3, 0.4) is 0 Å². The third-order valence-corrected chi connectivity index (χ3v) is 2.51. The molecule has 0 bridgehead atoms. The first-order chi connectivity index (χ1) is 8.16. The van der Waals surface area contributed by atoms with Gasteiger partial charge in [-0.3, -0.25) is 0 Å². The van der Waals surface area contributed by atoms with Gasteiger partial charge in [-0.1, -0.05) is 24.3 Å². The number of phenolic OH excluding ortho intramolecular Hbond substituents is 1. The van der Waals surface area contributed by atoms with Gasteiger partial charge in [0, 0.05) is 0 Å². The molecule has 0 saturated carbocycles. The molecule has 1 N–H and O–H groups in total. The maximum Gasteiger partial charge on any atom is 0.143 e. The molecule has 3 heteroatoms. The zero-order valence-corrected chi connectivity index (χ0v) is 9.88. The fraction of sp³-hybridized carbons (Fsp3) is 0.143. The van der Waals surface area contributed by atoms with Crippen LogP contribution in [0.2, 0.25) is 0 Å². The Labute approximate surface area is 100 Å². The van der Waals surface area contributed by atoms with Crippen LogP contribution in [-0.2, 0) is 0 Å². The highest BCUT2D eigenvalue weighted by Crippen LogP contribution is 2.29. The summed E-state index contributed by atoms with van der Waals surface area (Å²) in [5.74, 6) is 0.146. The van der Waals surface area contributed by atoms with Gasteiger partial charge in [-0.15, -0.1) is 5.11 Å². The number of hydrogen-bond acceptors (Lipinski definition) is 3. The number of rotatable bonds is 2. The Balaban J connectivity index is 2.32. The number of nitrogens with zero attached hydrogens (tertiary/aromatic N) is 2. The molecule has 0 aliphatic heterocycles. The smallest absolute Gasteiger partial charge is 0.143 e. The lowest BCUT2D eigenvalue weighted by molar-refractivity contribution is 0.476. The number of aromatic hydroxyl groups is 1. The second kappa shape index (κ2) is 4.78. The molecule has 2 rings (SSSR count). The minimum Gasteiger partial charge on any atom is -0.506 e. The predicted octanol–water partition coefficient (Wildman–Crippen LogP) is 4.42. The van der Waals surface area contributed by atoms with Gasteiger partial charge in [0.15, 0.2) is 0 Å². The van der Waals surface area contributed by atoms with Crippen molar-refractivity contribution in [1.82, 2.24) is 0 Å². The highest BCUT2D eigenvalue weighted by Gasteiger charge is 2.00. The number of phenols is 1. The van der Waals surface area contributed by atoms with Crippen LogP contribution in [0.5, 0.6) is 5.75 Å². The average Bonchev–Trinajstić information content (AvgIpc) is 2.32. The van der Waals surface area contributed by atoms with E-state index in [1.54, 1.807) is 12.1 Å². The van der Waals surface area contributed by atoms with Crippen molar-refractivity contribution in [2.45, 2.75) is 13.8 Å². The molecule has 17 heavy (non-hydrogen) atoms. The van der Waals surface area contributed by atoms with Gasteiger partial charge in [0.25, 0.3) is 0 Å². The SMILES string of the molecule is Cc1ccc(O)c(N=Nc2ccccc2C)c1. The summed E-state index contributed by atoms with van der Waals surface area (Å²) < 4.78 is 0. The van der Waals surface area contributed by atoms with E-state index in [0.717, 1.165) is 16.8 Å². The summed E-state index contributed by atoms with van der Waals surface area (Å²) in [6, 6.07) is 13.0. The maximum absolute atomic E-state index is 9.63. The van der Waals surface area contributed by atoms with Crippen LogP contribution in [0.1, 0.15) is 11.1 Å². The predicted molar refractivity (Wildman–Crippen MR) is 68.2 cm³/mol. The van der Waals surface area contributed by atoms with Crippen LogP contribution in [0.4, 0.5) is 11.4 Å². The van der Waals surface area contributed by atoms with E-state index in [1.165, 1.54) is 0 Å². The van der Waals surface area contributed by atoms with Gasteiger partial charge in [0.05, 0.1) is 5.69 Å². The Kier molecular flexibility index (Phi) is 3.19. The second-order valence-corrected chi connectivity index (χ2v) is 3.98. The van der Waals surface area contributed by atoms with Crippen molar-refractivity contribution < 1.29 is 5.11 Å². The van der Waals surface area contributed by atoms with Gasteiger partial charge in [-0.2, -0.15) is 5.11 Å². The van der Waals surface area contributed by atoms with Gasteiger partial charge in [-0.05, 0) is 43.2 Å². The number of azo groups is 1. The molecule has 0 radical (unpaired) electrons. The molecule has 0 aliphatic rings. The van der Waals surface area contributed by atoms with Gasteiger partial charge in [0.1, 0.15) is 11.4 Å². The van der Waals surface area contributed by atoms with E-state index >= 15 is 0 Å². The van der Waals surface area contributed by atoms with E-state index in [2.05, 4.69) is 10.2 Å². The topological polar surface area (TPSA) is 45.0 Å². The van der Waals surface area contributed by atoms with E-state index in [1.807, 2.05) is 44.2 Å². The summed E-state index contributed by atoms with van der Waals surface area (Å²) in [5.41, 5.74) is 3.41. The molecule has 0 aromatic heterocycles. The molecule has 0 saturated heterocycles. The molecule has 0 fully saturated rings. The van der Waals surface area contributed by atoms with Crippen molar-refractivity contribution in [1.29, 1.82) is 0 Å². The van der Waals surface area contributed by atoms with Crippen LogP contribution >= 0.6 is 0 Å². The Hall–Kier alpha value is -2.16. The summed E-state index contributed by atoms with van der Waals surface area (Å²) in [6.45, 7) is 3.93. The summed E-state index contributed by atoms with van der Waals surface area (Å²) >= 11 is 0. The van der Waals surface area contributed by atoms with Crippen molar-refractivity contribution in [2.75, 3.05) is 0 Å². The van der Waals surface area contributed by atoms with Gasteiger partial charge < -0.3 is 5.11 Å². The molecule has 0 heterocycles. The minimum absolute atomic E-state index is 0.146. The lowest BCUT2D eigenvalue weighted by Crippen LogP contribution is -1.73. The van der Waals surface area contributed by atoms with Crippen LogP contribution in [0.25, 0.3) is 0 Å². The van der Waals surface area contributed by atoms with Crippen molar-refractivity contribution in [2.24, 2.45) is 10.2 Å². The lowest BCUT2D eigenvalue weighted by Gasteiger charge is -2.00. The first kappa shape index (κ1) is 11.3. The fourth-order valence-electron chi connectivity index (χ4n) is 1.50. The molecule has 0 amide bonds. The first-order valence-corrected chi connectivity index (χ1v) is 5.44. The normalized spacial score (nSPS) is 10.9. The second-order valence-electron chi connectivity index (χ2n) is 3.98. The Bertz CT molecular complexity index is 562. The van der Waals surface area contributed by atoms with Crippen LogP contribution in [0, 0.1) is 13.8 Å². The molecular weight excluding hydrogens is 212 g/mol. The lowest BCUT2D eigenvalue weighted by atomic mass is 10.2.